The fourth-order valence-electron chi connectivity index (χ4n) is 6.03. The molecule has 5 heteroatoms. The average Bonchev–Trinajstić information content (AvgIpc) is 3.66. The minimum atomic E-state index is 0.592. The number of furan rings is 2. The predicted octanol–water partition coefficient (Wildman–Crippen LogP) is 10.3. The van der Waals surface area contributed by atoms with Crippen molar-refractivity contribution < 1.29 is 8.83 Å². The highest BCUT2D eigenvalue weighted by Crippen LogP contribution is 2.38. The first-order chi connectivity index (χ1) is 21.8. The van der Waals surface area contributed by atoms with E-state index in [0.29, 0.717) is 17.5 Å². The third-order valence-corrected chi connectivity index (χ3v) is 8.15. The van der Waals surface area contributed by atoms with E-state index < -0.39 is 0 Å². The molecule has 0 atom stereocenters. The minimum absolute atomic E-state index is 0.592. The van der Waals surface area contributed by atoms with Crippen LogP contribution in [0, 0.1) is 0 Å². The van der Waals surface area contributed by atoms with Gasteiger partial charge in [0.2, 0.25) is 0 Å². The van der Waals surface area contributed by atoms with Gasteiger partial charge < -0.3 is 8.83 Å². The van der Waals surface area contributed by atoms with E-state index in [4.69, 9.17) is 23.8 Å². The molecular formula is C39H23N3O2. The van der Waals surface area contributed by atoms with Crippen molar-refractivity contribution in [2.45, 2.75) is 0 Å². The fourth-order valence-corrected chi connectivity index (χ4v) is 6.03. The summed E-state index contributed by atoms with van der Waals surface area (Å²) in [6.45, 7) is 0. The second kappa shape index (κ2) is 9.75. The van der Waals surface area contributed by atoms with Crippen LogP contribution in [0.2, 0.25) is 0 Å². The fraction of sp³-hybridized carbons (Fsp3) is 0. The molecule has 0 N–H and O–H groups in total. The molecule has 0 radical (unpaired) electrons. The van der Waals surface area contributed by atoms with Crippen molar-refractivity contribution in [1.82, 2.24) is 15.0 Å². The van der Waals surface area contributed by atoms with Crippen LogP contribution in [0.25, 0.3) is 89.2 Å². The van der Waals surface area contributed by atoms with Crippen LogP contribution >= 0.6 is 0 Å². The summed E-state index contributed by atoms with van der Waals surface area (Å²) in [6, 6.07) is 47.0. The van der Waals surface area contributed by atoms with E-state index in [-0.39, 0.29) is 0 Å². The average molecular weight is 566 g/mol. The third-order valence-electron chi connectivity index (χ3n) is 8.15. The maximum absolute atomic E-state index is 6.24. The largest absolute Gasteiger partial charge is 0.456 e. The van der Waals surface area contributed by atoms with E-state index >= 15 is 0 Å². The zero-order chi connectivity index (χ0) is 29.0. The Bertz CT molecular complexity index is 2500. The molecule has 0 aliphatic carbocycles. The summed E-state index contributed by atoms with van der Waals surface area (Å²) in [5.41, 5.74) is 8.30. The normalized spacial score (nSPS) is 11.6. The van der Waals surface area contributed by atoms with Gasteiger partial charge in [0.05, 0.1) is 0 Å². The van der Waals surface area contributed by atoms with Crippen molar-refractivity contribution in [3.63, 3.8) is 0 Å². The Morgan fingerprint density at radius 2 is 0.886 bits per heavy atom. The first-order valence-electron chi connectivity index (χ1n) is 14.5. The highest BCUT2D eigenvalue weighted by atomic mass is 16.3. The Balaban J connectivity index is 1.27. The van der Waals surface area contributed by atoms with E-state index in [9.17, 15) is 0 Å². The van der Waals surface area contributed by atoms with Crippen molar-refractivity contribution in [2.75, 3.05) is 0 Å². The molecule has 5 nitrogen and oxygen atoms in total. The summed E-state index contributed by atoms with van der Waals surface area (Å²) < 4.78 is 12.4. The molecule has 0 bridgehead atoms. The van der Waals surface area contributed by atoms with Crippen LogP contribution in [0.1, 0.15) is 0 Å². The van der Waals surface area contributed by atoms with E-state index in [1.807, 2.05) is 84.9 Å². The van der Waals surface area contributed by atoms with Crippen LogP contribution in [-0.4, -0.2) is 15.0 Å². The van der Waals surface area contributed by atoms with Gasteiger partial charge in [-0.1, -0.05) is 97.1 Å². The monoisotopic (exact) mass is 565 g/mol. The Kier molecular flexibility index (Phi) is 5.43. The molecule has 206 valence electrons. The number of hydrogen-bond donors (Lipinski definition) is 0. The molecule has 0 saturated carbocycles. The molecule has 0 aliphatic heterocycles. The minimum Gasteiger partial charge on any atom is -0.456 e. The molecule has 0 unspecified atom stereocenters. The zero-order valence-corrected chi connectivity index (χ0v) is 23.4. The van der Waals surface area contributed by atoms with Crippen molar-refractivity contribution >= 4 is 43.9 Å². The lowest BCUT2D eigenvalue weighted by Gasteiger charge is -2.09. The summed E-state index contributed by atoms with van der Waals surface area (Å²) in [5.74, 6) is 1.79. The van der Waals surface area contributed by atoms with Gasteiger partial charge in [-0.15, -0.1) is 0 Å². The molecule has 0 aliphatic rings. The van der Waals surface area contributed by atoms with Crippen LogP contribution in [0.4, 0.5) is 0 Å². The van der Waals surface area contributed by atoms with Crippen molar-refractivity contribution in [3.8, 4) is 45.3 Å². The summed E-state index contributed by atoms with van der Waals surface area (Å²) in [6.07, 6.45) is 0. The SMILES string of the molecule is c1ccc(-c2ccc3oc4ccc(-c5nc(-c6ccccc6)nc(-c6cccc7oc8ccccc8c67)n5)cc4c3c2)cc1. The second-order valence-electron chi connectivity index (χ2n) is 10.8. The summed E-state index contributed by atoms with van der Waals surface area (Å²) in [4.78, 5) is 15.1. The Morgan fingerprint density at radius 1 is 0.341 bits per heavy atom. The maximum Gasteiger partial charge on any atom is 0.164 e. The lowest BCUT2D eigenvalue weighted by Crippen LogP contribution is -2.00. The van der Waals surface area contributed by atoms with Gasteiger partial charge >= 0.3 is 0 Å². The lowest BCUT2D eigenvalue weighted by atomic mass is 10.0. The summed E-state index contributed by atoms with van der Waals surface area (Å²) >= 11 is 0. The molecule has 9 rings (SSSR count). The van der Waals surface area contributed by atoms with Crippen LogP contribution < -0.4 is 0 Å². The standard InChI is InChI=1S/C39H23N3O2/c1-3-10-24(11-4-1)26-18-20-33-30(22-26)31-23-27(19-21-34(31)43-33)38-40-37(25-12-5-2-6-13-25)41-39(42-38)29-15-9-17-35-36(29)28-14-7-8-16-32(28)44-35/h1-23H. The Hall–Kier alpha value is -6.07. The Labute approximate surface area is 252 Å². The number of benzene rings is 6. The maximum atomic E-state index is 6.24. The molecule has 3 aromatic heterocycles. The van der Waals surface area contributed by atoms with Crippen LogP contribution in [0.15, 0.2) is 148 Å². The van der Waals surface area contributed by atoms with Crippen LogP contribution in [0.5, 0.6) is 0 Å². The number of nitrogens with zero attached hydrogens (tertiary/aromatic N) is 3. The molecule has 0 spiro atoms. The number of fused-ring (bicyclic) bond motifs is 6. The van der Waals surface area contributed by atoms with Gasteiger partial charge in [0.25, 0.3) is 0 Å². The van der Waals surface area contributed by atoms with Gasteiger partial charge in [-0.2, -0.15) is 0 Å². The summed E-state index contributed by atoms with van der Waals surface area (Å²) in [5, 5.41) is 4.09. The van der Waals surface area contributed by atoms with Crippen LogP contribution in [0.3, 0.4) is 0 Å². The van der Waals surface area contributed by atoms with Crippen molar-refractivity contribution in [2.24, 2.45) is 0 Å². The van der Waals surface area contributed by atoms with E-state index in [2.05, 4.69) is 54.6 Å². The third kappa shape index (κ3) is 3.98. The van der Waals surface area contributed by atoms with E-state index in [0.717, 1.165) is 71.7 Å². The second-order valence-corrected chi connectivity index (χ2v) is 10.8. The Morgan fingerprint density at radius 3 is 1.66 bits per heavy atom. The smallest absolute Gasteiger partial charge is 0.164 e. The quantitative estimate of drug-likeness (QED) is 0.212. The lowest BCUT2D eigenvalue weighted by molar-refractivity contribution is 0.668. The van der Waals surface area contributed by atoms with Gasteiger partial charge in [0.1, 0.15) is 22.3 Å². The van der Waals surface area contributed by atoms with Crippen LogP contribution in [-0.2, 0) is 0 Å². The van der Waals surface area contributed by atoms with Gasteiger partial charge in [-0.3, -0.25) is 0 Å². The summed E-state index contributed by atoms with van der Waals surface area (Å²) in [7, 11) is 0. The molecule has 44 heavy (non-hydrogen) atoms. The predicted molar refractivity (Wildman–Crippen MR) is 176 cm³/mol. The molecule has 0 saturated heterocycles. The van der Waals surface area contributed by atoms with Gasteiger partial charge in [0.15, 0.2) is 17.5 Å². The highest BCUT2D eigenvalue weighted by Gasteiger charge is 2.18. The zero-order valence-electron chi connectivity index (χ0n) is 23.4. The van der Waals surface area contributed by atoms with E-state index in [1.54, 1.807) is 0 Å². The molecule has 0 fully saturated rings. The first kappa shape index (κ1) is 24.5. The van der Waals surface area contributed by atoms with Gasteiger partial charge in [-0.25, -0.2) is 15.0 Å². The van der Waals surface area contributed by atoms with Gasteiger partial charge in [0, 0.05) is 38.2 Å². The number of para-hydroxylation sites is 1. The van der Waals surface area contributed by atoms with Crippen molar-refractivity contribution in [3.05, 3.63) is 140 Å². The topological polar surface area (TPSA) is 65.0 Å². The molecule has 9 aromatic rings. The van der Waals surface area contributed by atoms with E-state index in [1.165, 1.54) is 0 Å². The molecule has 6 aromatic carbocycles. The van der Waals surface area contributed by atoms with Gasteiger partial charge in [-0.05, 0) is 53.6 Å². The molecular weight excluding hydrogens is 542 g/mol. The number of hydrogen-bond acceptors (Lipinski definition) is 5. The number of rotatable bonds is 4. The molecule has 3 heterocycles. The number of aromatic nitrogens is 3. The molecule has 0 amide bonds. The first-order valence-corrected chi connectivity index (χ1v) is 14.5. The van der Waals surface area contributed by atoms with Crippen molar-refractivity contribution in [1.29, 1.82) is 0 Å². The highest BCUT2D eigenvalue weighted by molar-refractivity contribution is 6.12.